The molecular formula is C10H12BrNO3S. The minimum atomic E-state index is -1.00. The van der Waals surface area contributed by atoms with Crippen molar-refractivity contribution in [3.05, 3.63) is 20.8 Å². The molecule has 0 aliphatic carbocycles. The molecule has 0 bridgehead atoms. The number of carboxylic acids is 1. The van der Waals surface area contributed by atoms with Gasteiger partial charge >= 0.3 is 5.97 Å². The molecule has 1 aromatic heterocycles. The highest BCUT2D eigenvalue weighted by Gasteiger charge is 2.21. The number of carbonyl (C=O) groups excluding carboxylic acids is 1. The van der Waals surface area contributed by atoms with Crippen molar-refractivity contribution in [2.45, 2.75) is 12.8 Å². The fourth-order valence-electron chi connectivity index (χ4n) is 1.29. The number of thiophene rings is 1. The summed E-state index contributed by atoms with van der Waals surface area (Å²) < 4.78 is 0.961. The maximum Gasteiger partial charge on any atom is 0.323 e. The molecule has 0 saturated carbocycles. The Bertz CT molecular complexity index is 405. The van der Waals surface area contributed by atoms with Crippen LogP contribution in [0, 0.1) is 0 Å². The van der Waals surface area contributed by atoms with Gasteiger partial charge in [-0.05, 0) is 35.0 Å². The molecule has 1 rings (SSSR count). The molecule has 0 aliphatic rings. The average Bonchev–Trinajstić information content (AvgIpc) is 2.61. The van der Waals surface area contributed by atoms with Gasteiger partial charge in [0, 0.05) is 11.9 Å². The highest BCUT2D eigenvalue weighted by Crippen LogP contribution is 2.29. The van der Waals surface area contributed by atoms with Crippen LogP contribution >= 0.6 is 27.3 Å². The smallest absolute Gasteiger partial charge is 0.323 e. The number of aliphatic carboxylic acids is 1. The molecule has 16 heavy (non-hydrogen) atoms. The number of rotatable bonds is 4. The number of halogens is 1. The van der Waals surface area contributed by atoms with Crippen molar-refractivity contribution in [3.8, 4) is 0 Å². The fourth-order valence-corrected chi connectivity index (χ4v) is 2.76. The molecule has 0 fully saturated rings. The Kier molecular flexibility index (Phi) is 4.49. The van der Waals surface area contributed by atoms with E-state index in [1.165, 1.54) is 23.3 Å². The number of hydrogen-bond acceptors (Lipinski definition) is 3. The summed E-state index contributed by atoms with van der Waals surface area (Å²) in [6, 6.07) is 3.74. The van der Waals surface area contributed by atoms with E-state index in [2.05, 4.69) is 15.9 Å². The Hall–Kier alpha value is -0.880. The van der Waals surface area contributed by atoms with Crippen LogP contribution in [0.3, 0.4) is 0 Å². The summed E-state index contributed by atoms with van der Waals surface area (Å²) in [5.41, 5.74) is 0. The van der Waals surface area contributed by atoms with Gasteiger partial charge in [0.25, 0.3) is 0 Å². The minimum Gasteiger partial charge on any atom is -0.480 e. The third-order valence-electron chi connectivity index (χ3n) is 2.14. The second kappa shape index (κ2) is 5.45. The summed E-state index contributed by atoms with van der Waals surface area (Å²) in [6.45, 7) is 1.51. The molecule has 1 atom stereocenters. The minimum absolute atomic E-state index is 0.184. The first-order valence-electron chi connectivity index (χ1n) is 4.64. The maximum absolute atomic E-state index is 11.8. The van der Waals surface area contributed by atoms with Crippen LogP contribution in [0.2, 0.25) is 0 Å². The van der Waals surface area contributed by atoms with Crippen molar-refractivity contribution >= 4 is 39.1 Å². The van der Waals surface area contributed by atoms with E-state index in [1.54, 1.807) is 6.92 Å². The lowest BCUT2D eigenvalue weighted by Gasteiger charge is -2.18. The highest BCUT2D eigenvalue weighted by molar-refractivity contribution is 9.11. The van der Waals surface area contributed by atoms with Crippen molar-refractivity contribution in [2.24, 2.45) is 0 Å². The van der Waals surface area contributed by atoms with Crippen molar-refractivity contribution < 1.29 is 14.7 Å². The Morgan fingerprint density at radius 1 is 1.56 bits per heavy atom. The van der Waals surface area contributed by atoms with Crippen molar-refractivity contribution in [3.63, 3.8) is 0 Å². The van der Waals surface area contributed by atoms with Gasteiger partial charge in [0.2, 0.25) is 5.91 Å². The van der Waals surface area contributed by atoms with E-state index in [4.69, 9.17) is 5.11 Å². The molecule has 1 heterocycles. The van der Waals surface area contributed by atoms with Gasteiger partial charge in [0.15, 0.2) is 0 Å². The zero-order valence-corrected chi connectivity index (χ0v) is 11.3. The van der Waals surface area contributed by atoms with Crippen molar-refractivity contribution in [2.75, 3.05) is 13.6 Å². The fraction of sp³-hybridized carbons (Fsp3) is 0.400. The predicted molar refractivity (Wildman–Crippen MR) is 65.7 cm³/mol. The first-order valence-corrected chi connectivity index (χ1v) is 6.24. The lowest BCUT2D eigenvalue weighted by atomic mass is 10.1. The monoisotopic (exact) mass is 305 g/mol. The molecule has 0 spiro atoms. The Morgan fingerprint density at radius 3 is 2.62 bits per heavy atom. The molecule has 1 aromatic rings. The molecule has 4 nitrogen and oxygen atoms in total. The lowest BCUT2D eigenvalue weighted by Crippen LogP contribution is -2.34. The number of likely N-dealkylation sites (N-methyl/N-ethyl adjacent to an activating group) is 1. The lowest BCUT2D eigenvalue weighted by molar-refractivity contribution is -0.143. The van der Waals surface area contributed by atoms with Crippen LogP contribution in [-0.4, -0.2) is 35.5 Å². The molecule has 1 amide bonds. The van der Waals surface area contributed by atoms with E-state index < -0.39 is 5.97 Å². The van der Waals surface area contributed by atoms with Gasteiger partial charge < -0.3 is 10.0 Å². The van der Waals surface area contributed by atoms with E-state index in [0.29, 0.717) is 0 Å². The van der Waals surface area contributed by atoms with Gasteiger partial charge in [-0.15, -0.1) is 11.3 Å². The summed E-state index contributed by atoms with van der Waals surface area (Å²) >= 11 is 4.81. The van der Waals surface area contributed by atoms with Gasteiger partial charge in [-0.1, -0.05) is 0 Å². The van der Waals surface area contributed by atoms with Crippen LogP contribution in [0.1, 0.15) is 17.7 Å². The molecule has 0 aromatic carbocycles. The average molecular weight is 306 g/mol. The molecule has 1 unspecified atom stereocenters. The van der Waals surface area contributed by atoms with Crippen LogP contribution < -0.4 is 0 Å². The Morgan fingerprint density at radius 2 is 2.19 bits per heavy atom. The molecule has 0 aliphatic heterocycles. The van der Waals surface area contributed by atoms with E-state index >= 15 is 0 Å². The molecule has 0 saturated heterocycles. The Balaban J connectivity index is 2.70. The van der Waals surface area contributed by atoms with Gasteiger partial charge in [-0.25, -0.2) is 0 Å². The highest BCUT2D eigenvalue weighted by atomic mass is 79.9. The normalized spacial score (nSPS) is 12.2. The van der Waals surface area contributed by atoms with E-state index in [-0.39, 0.29) is 18.4 Å². The van der Waals surface area contributed by atoms with Crippen LogP contribution in [0.5, 0.6) is 0 Å². The SMILES string of the molecule is CC(C(=O)N(C)CC(=O)O)c1ccc(Br)s1. The quantitative estimate of drug-likeness (QED) is 0.927. The molecule has 6 heteroatoms. The van der Waals surface area contributed by atoms with Gasteiger partial charge in [-0.2, -0.15) is 0 Å². The zero-order valence-electron chi connectivity index (χ0n) is 8.94. The van der Waals surface area contributed by atoms with Gasteiger partial charge in [-0.3, -0.25) is 9.59 Å². The topological polar surface area (TPSA) is 57.6 Å². The van der Waals surface area contributed by atoms with E-state index in [1.807, 2.05) is 12.1 Å². The summed E-state index contributed by atoms with van der Waals surface area (Å²) in [5.74, 6) is -1.49. The van der Waals surface area contributed by atoms with E-state index in [0.717, 1.165) is 8.66 Å². The van der Waals surface area contributed by atoms with Gasteiger partial charge in [0.1, 0.15) is 6.54 Å². The van der Waals surface area contributed by atoms with Crippen molar-refractivity contribution in [1.82, 2.24) is 4.90 Å². The number of amides is 1. The standard InChI is InChI=1S/C10H12BrNO3S/c1-6(7-3-4-8(11)16-7)10(15)12(2)5-9(13)14/h3-4,6H,5H2,1-2H3,(H,13,14). The molecule has 88 valence electrons. The number of hydrogen-bond donors (Lipinski definition) is 1. The summed E-state index contributed by atoms with van der Waals surface area (Å²) in [6.07, 6.45) is 0. The van der Waals surface area contributed by atoms with Crippen LogP contribution in [0.4, 0.5) is 0 Å². The summed E-state index contributed by atoms with van der Waals surface area (Å²) in [7, 11) is 1.50. The van der Waals surface area contributed by atoms with E-state index in [9.17, 15) is 9.59 Å². The summed E-state index contributed by atoms with van der Waals surface area (Å²) in [4.78, 5) is 24.5. The first kappa shape index (κ1) is 13.2. The molecule has 0 radical (unpaired) electrons. The third-order valence-corrected chi connectivity index (χ3v) is 3.95. The largest absolute Gasteiger partial charge is 0.480 e. The predicted octanol–water partition coefficient (Wildman–Crippen LogP) is 2.16. The number of carbonyl (C=O) groups is 2. The second-order valence-corrected chi connectivity index (χ2v) is 5.95. The second-order valence-electron chi connectivity index (χ2n) is 3.45. The number of carboxylic acid groups (broad SMARTS) is 1. The zero-order chi connectivity index (χ0) is 12.3. The third kappa shape index (κ3) is 3.31. The van der Waals surface area contributed by atoms with Crippen LogP contribution in [-0.2, 0) is 9.59 Å². The van der Waals surface area contributed by atoms with Crippen molar-refractivity contribution in [1.29, 1.82) is 0 Å². The molecular weight excluding hydrogens is 294 g/mol. The van der Waals surface area contributed by atoms with Gasteiger partial charge in [0.05, 0.1) is 9.70 Å². The number of nitrogens with zero attached hydrogens (tertiary/aromatic N) is 1. The molecule has 1 N–H and O–H groups in total. The first-order chi connectivity index (χ1) is 7.41. The summed E-state index contributed by atoms with van der Waals surface area (Å²) in [5, 5.41) is 8.59. The van der Waals surface area contributed by atoms with Crippen LogP contribution in [0.15, 0.2) is 15.9 Å². The maximum atomic E-state index is 11.8. The Labute approximate surface area is 106 Å². The van der Waals surface area contributed by atoms with Crippen LogP contribution in [0.25, 0.3) is 0 Å².